The highest BCUT2D eigenvalue weighted by Gasteiger charge is 2.51. The van der Waals surface area contributed by atoms with E-state index in [1.54, 1.807) is 0 Å². The molecule has 5 rings (SSSR count). The summed E-state index contributed by atoms with van der Waals surface area (Å²) < 4.78 is 6.63. The first kappa shape index (κ1) is 15.9. The van der Waals surface area contributed by atoms with Gasteiger partial charge in [0, 0.05) is 31.5 Å². The summed E-state index contributed by atoms with van der Waals surface area (Å²) in [6.07, 6.45) is 4.35. The highest BCUT2D eigenvalue weighted by molar-refractivity contribution is 5.67. The Hall–Kier alpha value is -2.30. The Morgan fingerprint density at radius 3 is 2.54 bits per heavy atom. The van der Waals surface area contributed by atoms with Crippen LogP contribution in [0.25, 0.3) is 5.70 Å². The second kappa shape index (κ2) is 5.86. The van der Waals surface area contributed by atoms with E-state index in [1.807, 2.05) is 0 Å². The molecule has 26 heavy (non-hydrogen) atoms. The number of hydrazine groups is 1. The molecule has 3 heterocycles. The van der Waals surface area contributed by atoms with Crippen LogP contribution in [0.1, 0.15) is 35.6 Å². The summed E-state index contributed by atoms with van der Waals surface area (Å²) in [4.78, 5) is 2.38. The van der Waals surface area contributed by atoms with E-state index in [2.05, 4.69) is 83.9 Å². The Balaban J connectivity index is 1.56. The van der Waals surface area contributed by atoms with E-state index in [-0.39, 0.29) is 11.8 Å². The van der Waals surface area contributed by atoms with E-state index in [0.717, 1.165) is 31.7 Å². The maximum absolute atomic E-state index is 6.63. The topological polar surface area (TPSA) is 27.7 Å². The number of piperidine rings is 1. The summed E-state index contributed by atoms with van der Waals surface area (Å²) >= 11 is 0. The van der Waals surface area contributed by atoms with Crippen molar-refractivity contribution in [3.8, 4) is 5.75 Å². The number of hydrogen-bond donors (Lipinski definition) is 1. The third-order valence-corrected chi connectivity index (χ3v) is 5.95. The zero-order valence-corrected chi connectivity index (χ0v) is 15.4. The summed E-state index contributed by atoms with van der Waals surface area (Å²) in [7, 11) is 2.19. The van der Waals surface area contributed by atoms with Gasteiger partial charge in [-0.1, -0.05) is 48.0 Å². The second-order valence-electron chi connectivity index (χ2n) is 7.76. The average molecular weight is 347 g/mol. The second-order valence-corrected chi connectivity index (χ2v) is 7.76. The molecule has 0 bridgehead atoms. The van der Waals surface area contributed by atoms with Crippen LogP contribution in [-0.2, 0) is 0 Å². The minimum absolute atomic E-state index is 0.208. The lowest BCUT2D eigenvalue weighted by molar-refractivity contribution is -0.157. The average Bonchev–Trinajstić information content (AvgIpc) is 3.12. The monoisotopic (exact) mass is 347 g/mol. The molecule has 1 spiro atoms. The fourth-order valence-corrected chi connectivity index (χ4v) is 4.33. The fourth-order valence-electron chi connectivity index (χ4n) is 4.33. The molecule has 1 saturated heterocycles. The van der Waals surface area contributed by atoms with E-state index >= 15 is 0 Å². The first-order chi connectivity index (χ1) is 12.6. The number of aryl methyl sites for hydroxylation is 1. The molecule has 1 N–H and O–H groups in total. The van der Waals surface area contributed by atoms with Crippen molar-refractivity contribution in [3.63, 3.8) is 0 Å². The van der Waals surface area contributed by atoms with E-state index < -0.39 is 0 Å². The summed E-state index contributed by atoms with van der Waals surface area (Å²) in [5, 5.41) is 2.36. The number of nitrogens with zero attached hydrogens (tertiary/aromatic N) is 2. The van der Waals surface area contributed by atoms with Crippen molar-refractivity contribution in [3.05, 3.63) is 71.3 Å². The van der Waals surface area contributed by atoms with Gasteiger partial charge in [-0.3, -0.25) is 0 Å². The van der Waals surface area contributed by atoms with Gasteiger partial charge in [0.25, 0.3) is 0 Å². The van der Waals surface area contributed by atoms with Crippen molar-refractivity contribution in [2.45, 2.75) is 31.5 Å². The van der Waals surface area contributed by atoms with Crippen LogP contribution in [0.3, 0.4) is 0 Å². The molecule has 3 aliphatic rings. The van der Waals surface area contributed by atoms with E-state index in [9.17, 15) is 0 Å². The highest BCUT2D eigenvalue weighted by atomic mass is 16.5. The number of rotatable bonds is 1. The SMILES string of the molecule is Cc1ccc(C2=CC3c4ccccc4OC4(CCN(C)CC4)N3N2)cc1. The number of fused-ring (bicyclic) bond motifs is 4. The van der Waals surface area contributed by atoms with Crippen molar-refractivity contribution >= 4 is 5.70 Å². The number of likely N-dealkylation sites (tertiary alicyclic amines) is 1. The van der Waals surface area contributed by atoms with E-state index in [4.69, 9.17) is 4.74 Å². The van der Waals surface area contributed by atoms with Crippen molar-refractivity contribution in [1.29, 1.82) is 0 Å². The van der Waals surface area contributed by atoms with Crippen molar-refractivity contribution in [2.24, 2.45) is 0 Å². The normalized spacial score (nSPS) is 24.4. The van der Waals surface area contributed by atoms with Crippen molar-refractivity contribution in [2.75, 3.05) is 20.1 Å². The third kappa shape index (κ3) is 2.44. The van der Waals surface area contributed by atoms with E-state index in [0.29, 0.717) is 0 Å². The molecule has 1 unspecified atom stereocenters. The molecule has 3 aliphatic heterocycles. The van der Waals surface area contributed by atoms with Gasteiger partial charge in [0.2, 0.25) is 0 Å². The summed E-state index contributed by atoms with van der Waals surface area (Å²) in [5.74, 6) is 1.03. The van der Waals surface area contributed by atoms with Crippen LogP contribution < -0.4 is 10.2 Å². The minimum atomic E-state index is -0.283. The van der Waals surface area contributed by atoms with Gasteiger partial charge < -0.3 is 15.1 Å². The Morgan fingerprint density at radius 1 is 1.04 bits per heavy atom. The Morgan fingerprint density at radius 2 is 1.77 bits per heavy atom. The summed E-state index contributed by atoms with van der Waals surface area (Å²) in [6.45, 7) is 4.22. The quantitative estimate of drug-likeness (QED) is 0.851. The van der Waals surface area contributed by atoms with Crippen LogP contribution in [0.2, 0.25) is 0 Å². The molecular formula is C22H25N3O. The van der Waals surface area contributed by atoms with Gasteiger partial charge in [-0.2, -0.15) is 5.01 Å². The van der Waals surface area contributed by atoms with Crippen LogP contribution in [0.5, 0.6) is 5.75 Å². The smallest absolute Gasteiger partial charge is 0.182 e. The molecule has 4 nitrogen and oxygen atoms in total. The lowest BCUT2D eigenvalue weighted by Gasteiger charge is -2.51. The van der Waals surface area contributed by atoms with Gasteiger partial charge in [-0.25, -0.2) is 0 Å². The lowest BCUT2D eigenvalue weighted by Crippen LogP contribution is -2.63. The predicted molar refractivity (Wildman–Crippen MR) is 103 cm³/mol. The molecular weight excluding hydrogens is 322 g/mol. The van der Waals surface area contributed by atoms with Gasteiger partial charge in [-0.15, -0.1) is 0 Å². The van der Waals surface area contributed by atoms with Crippen LogP contribution in [-0.4, -0.2) is 35.8 Å². The number of benzene rings is 2. The molecule has 2 aromatic carbocycles. The van der Waals surface area contributed by atoms with Crippen LogP contribution in [0, 0.1) is 6.92 Å². The van der Waals surface area contributed by atoms with Crippen molar-refractivity contribution < 1.29 is 4.74 Å². The fraction of sp³-hybridized carbons (Fsp3) is 0.364. The maximum atomic E-state index is 6.63. The van der Waals surface area contributed by atoms with Gasteiger partial charge in [0.05, 0.1) is 11.7 Å². The lowest BCUT2D eigenvalue weighted by atomic mass is 9.93. The maximum Gasteiger partial charge on any atom is 0.182 e. The van der Waals surface area contributed by atoms with Crippen LogP contribution >= 0.6 is 0 Å². The molecule has 0 aromatic heterocycles. The molecule has 1 atom stereocenters. The molecule has 0 radical (unpaired) electrons. The number of hydrogen-bond acceptors (Lipinski definition) is 4. The van der Waals surface area contributed by atoms with Crippen LogP contribution in [0.4, 0.5) is 0 Å². The number of ether oxygens (including phenoxy) is 1. The highest BCUT2D eigenvalue weighted by Crippen LogP contribution is 2.48. The predicted octanol–water partition coefficient (Wildman–Crippen LogP) is 3.71. The largest absolute Gasteiger partial charge is 0.470 e. The zero-order valence-electron chi connectivity index (χ0n) is 15.4. The Bertz CT molecular complexity index is 850. The summed E-state index contributed by atoms with van der Waals surface area (Å²) in [5.41, 5.74) is 8.34. The third-order valence-electron chi connectivity index (χ3n) is 5.95. The zero-order chi connectivity index (χ0) is 17.7. The molecule has 4 heteroatoms. The van der Waals surface area contributed by atoms with Gasteiger partial charge in [-0.05, 0) is 31.7 Å². The number of nitrogens with one attached hydrogen (secondary N) is 1. The first-order valence-corrected chi connectivity index (χ1v) is 9.46. The molecule has 0 amide bonds. The molecule has 134 valence electrons. The Kier molecular flexibility index (Phi) is 3.59. The molecule has 0 saturated carbocycles. The molecule has 1 fully saturated rings. The first-order valence-electron chi connectivity index (χ1n) is 9.46. The van der Waals surface area contributed by atoms with Crippen molar-refractivity contribution in [1.82, 2.24) is 15.3 Å². The van der Waals surface area contributed by atoms with Crippen LogP contribution in [0.15, 0.2) is 54.6 Å². The van der Waals surface area contributed by atoms with Gasteiger partial charge in [0.15, 0.2) is 5.72 Å². The van der Waals surface area contributed by atoms with Gasteiger partial charge >= 0.3 is 0 Å². The summed E-state index contributed by atoms with van der Waals surface area (Å²) in [6, 6.07) is 17.4. The minimum Gasteiger partial charge on any atom is -0.470 e. The number of para-hydroxylation sites is 1. The Labute approximate surface area is 155 Å². The van der Waals surface area contributed by atoms with Gasteiger partial charge in [0.1, 0.15) is 5.75 Å². The molecule has 0 aliphatic carbocycles. The molecule has 2 aromatic rings. The standard InChI is InChI=1S/C22H25N3O/c1-16-7-9-17(10-8-16)19-15-20-18-5-3-4-6-21(18)26-22(25(20)23-19)11-13-24(2)14-12-22/h3-10,15,20,23H,11-14H2,1-2H3. The van der Waals surface area contributed by atoms with E-state index in [1.165, 1.54) is 22.4 Å².